The van der Waals surface area contributed by atoms with Crippen molar-refractivity contribution in [2.75, 3.05) is 11.5 Å². The molecule has 98 valence electrons. The molecule has 0 aliphatic heterocycles. The molecule has 2 aromatic carbocycles. The minimum absolute atomic E-state index is 0.130. The lowest BCUT2D eigenvalue weighted by Crippen LogP contribution is -2.02. The van der Waals surface area contributed by atoms with Crippen molar-refractivity contribution in [3.05, 3.63) is 35.9 Å². The molecule has 0 aliphatic rings. The van der Waals surface area contributed by atoms with E-state index in [-0.39, 0.29) is 5.56 Å². The van der Waals surface area contributed by atoms with Crippen LogP contribution in [0.15, 0.2) is 40.1 Å². The summed E-state index contributed by atoms with van der Waals surface area (Å²) < 4.78 is 0. The normalized spacial score (nSPS) is 10.4. The number of thiol groups is 2. The van der Waals surface area contributed by atoms with Crippen LogP contribution >= 0.6 is 25.3 Å². The number of rotatable bonds is 2. The van der Waals surface area contributed by atoms with Crippen LogP contribution in [0, 0.1) is 0 Å². The topological polar surface area (TPSA) is 89.3 Å². The van der Waals surface area contributed by atoms with Crippen LogP contribution in [0.1, 0.15) is 10.4 Å². The number of aromatic carboxylic acids is 1. The summed E-state index contributed by atoms with van der Waals surface area (Å²) in [5.74, 6) is -1.04. The molecular weight excluding hydrogens is 280 g/mol. The van der Waals surface area contributed by atoms with Crippen LogP contribution in [0.2, 0.25) is 0 Å². The van der Waals surface area contributed by atoms with Gasteiger partial charge in [-0.3, -0.25) is 0 Å². The number of benzene rings is 2. The van der Waals surface area contributed by atoms with Crippen LogP contribution in [0.3, 0.4) is 0 Å². The highest BCUT2D eigenvalue weighted by Gasteiger charge is 2.14. The number of carbonyl (C=O) groups is 1. The van der Waals surface area contributed by atoms with Crippen molar-refractivity contribution < 1.29 is 9.90 Å². The maximum Gasteiger partial charge on any atom is 0.336 e. The quantitative estimate of drug-likeness (QED) is 0.435. The summed E-state index contributed by atoms with van der Waals surface area (Å²) in [6.45, 7) is 0. The maximum atomic E-state index is 11.3. The van der Waals surface area contributed by atoms with E-state index >= 15 is 0 Å². The predicted octanol–water partition coefficient (Wildman–Crippen LogP) is 2.79. The lowest BCUT2D eigenvalue weighted by Gasteiger charge is -2.11. The zero-order valence-electron chi connectivity index (χ0n) is 9.79. The number of hydrogen-bond donors (Lipinski definition) is 5. The monoisotopic (exact) mass is 292 g/mol. The van der Waals surface area contributed by atoms with Crippen molar-refractivity contribution in [2.45, 2.75) is 9.79 Å². The number of hydrogen-bond acceptors (Lipinski definition) is 5. The van der Waals surface area contributed by atoms with Gasteiger partial charge >= 0.3 is 5.97 Å². The van der Waals surface area contributed by atoms with Gasteiger partial charge in [-0.15, -0.1) is 25.3 Å². The molecule has 0 aromatic heterocycles. The second-order valence-corrected chi connectivity index (χ2v) is 5.00. The highest BCUT2D eigenvalue weighted by atomic mass is 32.1. The molecule has 2 aromatic rings. The molecule has 0 amide bonds. The molecule has 0 radical (unpaired) electrons. The average molecular weight is 292 g/mol. The SMILES string of the molecule is Nc1cc(-c2cc(N)c(S)cc2C(=O)O)ccc1S. The van der Waals surface area contributed by atoms with E-state index in [0.29, 0.717) is 32.3 Å². The van der Waals surface area contributed by atoms with Crippen molar-refractivity contribution in [2.24, 2.45) is 0 Å². The van der Waals surface area contributed by atoms with Gasteiger partial charge in [0.05, 0.1) is 5.56 Å². The Hall–Kier alpha value is -1.79. The second-order valence-electron chi connectivity index (χ2n) is 4.04. The molecule has 4 nitrogen and oxygen atoms in total. The molecule has 2 rings (SSSR count). The molecule has 0 bridgehead atoms. The Morgan fingerprint density at radius 2 is 1.63 bits per heavy atom. The summed E-state index contributed by atoms with van der Waals surface area (Å²) in [7, 11) is 0. The predicted molar refractivity (Wildman–Crippen MR) is 82.2 cm³/mol. The van der Waals surface area contributed by atoms with E-state index in [9.17, 15) is 9.90 Å². The standard InChI is InChI=1S/C13H12N2O2S2/c14-9-3-6(1-2-11(9)18)7-4-10(15)12(19)5-8(7)13(16)17/h1-5,18-19H,14-15H2,(H,16,17). The molecule has 5 N–H and O–H groups in total. The summed E-state index contributed by atoms with van der Waals surface area (Å²) in [6, 6.07) is 8.14. The Balaban J connectivity index is 2.69. The molecule has 0 saturated carbocycles. The first-order chi connectivity index (χ1) is 8.90. The molecule has 0 spiro atoms. The third kappa shape index (κ3) is 2.64. The van der Waals surface area contributed by atoms with Gasteiger partial charge in [-0.1, -0.05) is 6.07 Å². The molecule has 0 aliphatic carbocycles. The van der Waals surface area contributed by atoms with Crippen LogP contribution in [-0.4, -0.2) is 11.1 Å². The maximum absolute atomic E-state index is 11.3. The van der Waals surface area contributed by atoms with Gasteiger partial charge in [0.1, 0.15) is 0 Å². The first kappa shape index (κ1) is 13.6. The van der Waals surface area contributed by atoms with Crippen molar-refractivity contribution in [3.63, 3.8) is 0 Å². The highest BCUT2D eigenvalue weighted by molar-refractivity contribution is 7.80. The van der Waals surface area contributed by atoms with E-state index in [4.69, 9.17) is 11.5 Å². The van der Waals surface area contributed by atoms with Crippen LogP contribution in [0.4, 0.5) is 11.4 Å². The molecule has 0 unspecified atom stereocenters. The van der Waals surface area contributed by atoms with E-state index in [2.05, 4.69) is 25.3 Å². The number of anilines is 2. The van der Waals surface area contributed by atoms with Gasteiger partial charge in [-0.05, 0) is 35.4 Å². The molecule has 19 heavy (non-hydrogen) atoms. The van der Waals surface area contributed by atoms with E-state index in [1.807, 2.05) is 0 Å². The zero-order valence-corrected chi connectivity index (χ0v) is 11.6. The summed E-state index contributed by atoms with van der Waals surface area (Å²) in [5.41, 5.74) is 13.8. The Bertz CT molecular complexity index is 672. The number of carboxylic acids is 1. The van der Waals surface area contributed by atoms with Crippen molar-refractivity contribution in [3.8, 4) is 11.1 Å². The molecular formula is C13H12N2O2S2. The van der Waals surface area contributed by atoms with E-state index in [1.54, 1.807) is 24.3 Å². The van der Waals surface area contributed by atoms with Gasteiger partial charge in [-0.2, -0.15) is 0 Å². The largest absolute Gasteiger partial charge is 0.478 e. The van der Waals surface area contributed by atoms with Gasteiger partial charge in [0.25, 0.3) is 0 Å². The summed E-state index contributed by atoms with van der Waals surface area (Å²) in [5, 5.41) is 9.25. The first-order valence-corrected chi connectivity index (χ1v) is 6.24. The van der Waals surface area contributed by atoms with Crippen LogP contribution < -0.4 is 11.5 Å². The Morgan fingerprint density at radius 1 is 1.00 bits per heavy atom. The van der Waals surface area contributed by atoms with Gasteiger partial charge in [0.2, 0.25) is 0 Å². The molecule has 0 saturated heterocycles. The molecule has 0 fully saturated rings. The summed E-state index contributed by atoms with van der Waals surface area (Å²) >= 11 is 8.32. The number of nitrogen functional groups attached to an aromatic ring is 2. The Morgan fingerprint density at radius 3 is 2.21 bits per heavy atom. The number of nitrogens with two attached hydrogens (primary N) is 2. The molecule has 0 heterocycles. The van der Waals surface area contributed by atoms with Gasteiger partial charge < -0.3 is 16.6 Å². The van der Waals surface area contributed by atoms with Crippen LogP contribution in [0.25, 0.3) is 11.1 Å². The fraction of sp³-hybridized carbons (Fsp3) is 0. The third-order valence-electron chi connectivity index (χ3n) is 2.74. The van der Waals surface area contributed by atoms with Gasteiger partial charge in [-0.25, -0.2) is 4.79 Å². The minimum atomic E-state index is -1.04. The van der Waals surface area contributed by atoms with Crippen LogP contribution in [0.5, 0.6) is 0 Å². The Kier molecular flexibility index (Phi) is 3.64. The van der Waals surface area contributed by atoms with Crippen molar-refractivity contribution in [1.29, 1.82) is 0 Å². The lowest BCUT2D eigenvalue weighted by atomic mass is 9.98. The molecule has 0 atom stereocenters. The van der Waals surface area contributed by atoms with Crippen molar-refractivity contribution in [1.82, 2.24) is 0 Å². The number of carboxylic acid groups (broad SMARTS) is 1. The van der Waals surface area contributed by atoms with Gasteiger partial charge in [0, 0.05) is 21.2 Å². The summed E-state index contributed by atoms with van der Waals surface area (Å²) in [6.07, 6.45) is 0. The fourth-order valence-electron chi connectivity index (χ4n) is 1.74. The van der Waals surface area contributed by atoms with E-state index in [1.165, 1.54) is 6.07 Å². The van der Waals surface area contributed by atoms with Crippen molar-refractivity contribution >= 4 is 42.6 Å². The third-order valence-corrected chi connectivity index (χ3v) is 3.53. The molecule has 6 heteroatoms. The first-order valence-electron chi connectivity index (χ1n) is 5.35. The smallest absolute Gasteiger partial charge is 0.336 e. The fourth-order valence-corrected chi connectivity index (χ4v) is 2.08. The lowest BCUT2D eigenvalue weighted by molar-refractivity contribution is 0.0697. The summed E-state index contributed by atoms with van der Waals surface area (Å²) in [4.78, 5) is 12.4. The van der Waals surface area contributed by atoms with Crippen LogP contribution in [-0.2, 0) is 0 Å². The highest BCUT2D eigenvalue weighted by Crippen LogP contribution is 2.32. The van der Waals surface area contributed by atoms with E-state index < -0.39 is 5.97 Å². The van der Waals surface area contributed by atoms with E-state index in [0.717, 1.165) is 0 Å². The average Bonchev–Trinajstić information content (AvgIpc) is 2.35. The second kappa shape index (κ2) is 5.07. The van der Waals surface area contributed by atoms with Gasteiger partial charge in [0.15, 0.2) is 0 Å². The minimum Gasteiger partial charge on any atom is -0.478 e. The Labute approximate surface area is 121 Å². The zero-order chi connectivity index (χ0) is 14.2.